The number of aryl methyl sites for hydroxylation is 1. The Balaban J connectivity index is 0.00000116. The summed E-state index contributed by atoms with van der Waals surface area (Å²) in [7, 11) is 0. The zero-order valence-electron chi connectivity index (χ0n) is 15.0. The van der Waals surface area contributed by atoms with E-state index in [0.717, 1.165) is 42.8 Å². The van der Waals surface area contributed by atoms with E-state index in [1.54, 1.807) is 0 Å². The van der Waals surface area contributed by atoms with Crippen molar-refractivity contribution in [1.82, 2.24) is 15.1 Å². The molecule has 0 spiro atoms. The average molecular weight is 307 g/mol. The zero-order chi connectivity index (χ0) is 16.5. The van der Waals surface area contributed by atoms with E-state index in [-0.39, 0.29) is 5.91 Å². The second-order valence-corrected chi connectivity index (χ2v) is 5.80. The molecule has 2 rings (SSSR count). The molecule has 22 heavy (non-hydrogen) atoms. The van der Waals surface area contributed by atoms with E-state index in [2.05, 4.69) is 19.2 Å². The van der Waals surface area contributed by atoms with Gasteiger partial charge in [-0.3, -0.25) is 9.48 Å². The topological polar surface area (TPSA) is 46.9 Å². The van der Waals surface area contributed by atoms with Gasteiger partial charge in [0.15, 0.2) is 0 Å². The van der Waals surface area contributed by atoms with Gasteiger partial charge in [-0.05, 0) is 26.2 Å². The third kappa shape index (κ3) is 4.34. The van der Waals surface area contributed by atoms with Crippen LogP contribution in [0.25, 0.3) is 0 Å². The van der Waals surface area contributed by atoms with E-state index >= 15 is 0 Å². The number of carbonyl (C=O) groups excluding carboxylic acids is 1. The Morgan fingerprint density at radius 3 is 2.32 bits per heavy atom. The van der Waals surface area contributed by atoms with Gasteiger partial charge in [0.1, 0.15) is 5.69 Å². The van der Waals surface area contributed by atoms with E-state index in [1.807, 2.05) is 25.5 Å². The molecule has 0 aliphatic carbocycles. The first-order chi connectivity index (χ1) is 10.7. The predicted molar refractivity (Wildman–Crippen MR) is 92.4 cm³/mol. The smallest absolute Gasteiger partial charge is 0.269 e. The van der Waals surface area contributed by atoms with Crippen LogP contribution in [0.5, 0.6) is 0 Å². The molecule has 1 N–H and O–H groups in total. The standard InChI is InChI=1S/C16H27N3O.C2H6/c1-4-6-8-13(9-7-5-2)19-15-14(12(3)18-19)10-11-17-16(15)20;1-2/h13H,4-11H2,1-3H3,(H,17,20);1-2H3. The van der Waals surface area contributed by atoms with Crippen LogP contribution in [-0.2, 0) is 6.42 Å². The summed E-state index contributed by atoms with van der Waals surface area (Å²) in [5.74, 6) is 0.0600. The van der Waals surface area contributed by atoms with Crippen molar-refractivity contribution in [2.45, 2.75) is 85.6 Å². The molecule has 2 heterocycles. The van der Waals surface area contributed by atoms with Gasteiger partial charge in [-0.15, -0.1) is 0 Å². The Hall–Kier alpha value is -1.32. The minimum Gasteiger partial charge on any atom is -0.350 e. The Labute approximate surface area is 135 Å². The maximum atomic E-state index is 12.2. The summed E-state index contributed by atoms with van der Waals surface area (Å²) in [5.41, 5.74) is 3.02. The molecule has 0 radical (unpaired) electrons. The van der Waals surface area contributed by atoms with Crippen LogP contribution in [0.15, 0.2) is 0 Å². The Morgan fingerprint density at radius 1 is 1.18 bits per heavy atom. The van der Waals surface area contributed by atoms with E-state index in [4.69, 9.17) is 5.10 Å². The third-order valence-electron chi connectivity index (χ3n) is 4.21. The number of unbranched alkanes of at least 4 members (excludes halogenated alkanes) is 2. The average Bonchev–Trinajstić information content (AvgIpc) is 2.88. The lowest BCUT2D eigenvalue weighted by Crippen LogP contribution is -2.34. The molecule has 1 aromatic rings. The first-order valence-electron chi connectivity index (χ1n) is 9.05. The maximum Gasteiger partial charge on any atom is 0.269 e. The molecule has 0 saturated heterocycles. The monoisotopic (exact) mass is 307 g/mol. The van der Waals surface area contributed by atoms with Gasteiger partial charge >= 0.3 is 0 Å². The number of fused-ring (bicyclic) bond motifs is 1. The SMILES string of the molecule is CC.CCCCC(CCCC)n1nc(C)c2c1C(=O)NCC2. The molecule has 0 fully saturated rings. The van der Waals surface area contributed by atoms with Crippen molar-refractivity contribution < 1.29 is 4.79 Å². The zero-order valence-corrected chi connectivity index (χ0v) is 15.0. The van der Waals surface area contributed by atoms with Crippen LogP contribution in [0.4, 0.5) is 0 Å². The van der Waals surface area contributed by atoms with Gasteiger partial charge in [0, 0.05) is 12.1 Å². The number of nitrogens with zero attached hydrogens (tertiary/aromatic N) is 2. The molecular formula is C18H33N3O. The molecule has 126 valence electrons. The van der Waals surface area contributed by atoms with Gasteiger partial charge in [0.05, 0.1) is 11.7 Å². The largest absolute Gasteiger partial charge is 0.350 e. The molecule has 0 atom stereocenters. The molecule has 0 unspecified atom stereocenters. The van der Waals surface area contributed by atoms with Crippen molar-refractivity contribution in [1.29, 1.82) is 0 Å². The molecule has 1 amide bonds. The lowest BCUT2D eigenvalue weighted by atomic mass is 10.0. The fraction of sp³-hybridized carbons (Fsp3) is 0.778. The van der Waals surface area contributed by atoms with E-state index in [1.165, 1.54) is 25.7 Å². The predicted octanol–water partition coefficient (Wildman–Crippen LogP) is 4.43. The normalized spacial score (nSPS) is 13.5. The van der Waals surface area contributed by atoms with Gasteiger partial charge in [0.2, 0.25) is 0 Å². The Bertz CT molecular complexity index is 457. The summed E-state index contributed by atoms with van der Waals surface area (Å²) in [6.07, 6.45) is 7.94. The second-order valence-electron chi connectivity index (χ2n) is 5.80. The number of carbonyl (C=O) groups is 1. The third-order valence-corrected chi connectivity index (χ3v) is 4.21. The summed E-state index contributed by atoms with van der Waals surface area (Å²) in [5, 5.41) is 7.66. The van der Waals surface area contributed by atoms with Crippen molar-refractivity contribution in [3.63, 3.8) is 0 Å². The molecular weight excluding hydrogens is 274 g/mol. The summed E-state index contributed by atoms with van der Waals surface area (Å²) >= 11 is 0. The lowest BCUT2D eigenvalue weighted by molar-refractivity contribution is 0.0930. The van der Waals surface area contributed by atoms with Crippen LogP contribution in [0, 0.1) is 6.92 Å². The first-order valence-corrected chi connectivity index (χ1v) is 9.05. The lowest BCUT2D eigenvalue weighted by Gasteiger charge is -2.21. The van der Waals surface area contributed by atoms with Crippen molar-refractivity contribution in [3.8, 4) is 0 Å². The quantitative estimate of drug-likeness (QED) is 0.810. The summed E-state index contributed by atoms with van der Waals surface area (Å²) in [6.45, 7) is 11.2. The maximum absolute atomic E-state index is 12.2. The highest BCUT2D eigenvalue weighted by atomic mass is 16.2. The summed E-state index contributed by atoms with van der Waals surface area (Å²) < 4.78 is 2.03. The van der Waals surface area contributed by atoms with E-state index in [0.29, 0.717) is 6.04 Å². The van der Waals surface area contributed by atoms with Crippen LogP contribution in [0.3, 0.4) is 0 Å². The molecule has 0 aromatic carbocycles. The van der Waals surface area contributed by atoms with Crippen LogP contribution in [0.1, 0.15) is 94.0 Å². The first kappa shape index (κ1) is 18.7. The molecule has 4 nitrogen and oxygen atoms in total. The van der Waals surface area contributed by atoms with Crippen molar-refractivity contribution in [2.24, 2.45) is 0 Å². The van der Waals surface area contributed by atoms with Crippen LogP contribution in [0.2, 0.25) is 0 Å². The van der Waals surface area contributed by atoms with Crippen LogP contribution < -0.4 is 5.32 Å². The summed E-state index contributed by atoms with van der Waals surface area (Å²) in [4.78, 5) is 12.2. The molecule has 4 heteroatoms. The van der Waals surface area contributed by atoms with Gasteiger partial charge < -0.3 is 5.32 Å². The highest BCUT2D eigenvalue weighted by Gasteiger charge is 2.28. The van der Waals surface area contributed by atoms with Crippen molar-refractivity contribution in [2.75, 3.05) is 6.54 Å². The van der Waals surface area contributed by atoms with E-state index < -0.39 is 0 Å². The second kappa shape index (κ2) is 9.65. The van der Waals surface area contributed by atoms with Gasteiger partial charge in [-0.25, -0.2) is 0 Å². The molecule has 1 aliphatic heterocycles. The number of aromatic nitrogens is 2. The highest BCUT2D eigenvalue weighted by molar-refractivity contribution is 5.95. The number of nitrogens with one attached hydrogen (secondary N) is 1. The number of rotatable bonds is 7. The Kier molecular flexibility index (Phi) is 8.21. The fourth-order valence-corrected chi connectivity index (χ4v) is 3.04. The van der Waals surface area contributed by atoms with Crippen molar-refractivity contribution in [3.05, 3.63) is 17.0 Å². The molecule has 0 saturated carbocycles. The number of hydrogen-bond donors (Lipinski definition) is 1. The van der Waals surface area contributed by atoms with E-state index in [9.17, 15) is 4.79 Å². The van der Waals surface area contributed by atoms with Gasteiger partial charge in [0.25, 0.3) is 5.91 Å². The van der Waals surface area contributed by atoms with Crippen molar-refractivity contribution >= 4 is 5.91 Å². The van der Waals surface area contributed by atoms with Crippen LogP contribution >= 0.6 is 0 Å². The Morgan fingerprint density at radius 2 is 1.77 bits per heavy atom. The minimum absolute atomic E-state index is 0.0600. The summed E-state index contributed by atoms with van der Waals surface area (Å²) in [6, 6.07) is 0.376. The number of amides is 1. The molecule has 1 aromatic heterocycles. The molecule has 1 aliphatic rings. The number of hydrogen-bond acceptors (Lipinski definition) is 2. The minimum atomic E-state index is 0.0600. The van der Waals surface area contributed by atoms with Crippen LogP contribution in [-0.4, -0.2) is 22.2 Å². The highest BCUT2D eigenvalue weighted by Crippen LogP contribution is 2.27. The van der Waals surface area contributed by atoms with Gasteiger partial charge in [-0.1, -0.05) is 53.4 Å². The van der Waals surface area contributed by atoms with Gasteiger partial charge in [-0.2, -0.15) is 5.10 Å². The molecule has 0 bridgehead atoms. The fourth-order valence-electron chi connectivity index (χ4n) is 3.04.